The summed E-state index contributed by atoms with van der Waals surface area (Å²) in [7, 11) is 3.29. The van der Waals surface area contributed by atoms with Gasteiger partial charge in [-0.1, -0.05) is 31.2 Å². The molecule has 9 heteroatoms. The number of methoxy groups -OCH3 is 1. The van der Waals surface area contributed by atoms with Crippen molar-refractivity contribution in [2.45, 2.75) is 43.6 Å². The Morgan fingerprint density at radius 2 is 1.75 bits per heavy atom. The number of amides is 3. The van der Waals surface area contributed by atoms with Crippen LogP contribution in [-0.4, -0.2) is 89.8 Å². The minimum atomic E-state index is -1.34. The van der Waals surface area contributed by atoms with Crippen molar-refractivity contribution in [3.63, 3.8) is 0 Å². The highest BCUT2D eigenvalue weighted by Crippen LogP contribution is 2.58. The van der Waals surface area contributed by atoms with E-state index in [9.17, 15) is 19.5 Å². The molecule has 0 radical (unpaired) electrons. The Balaban J connectivity index is 1.67. The van der Waals surface area contributed by atoms with Crippen molar-refractivity contribution in [3.8, 4) is 5.75 Å². The minimum Gasteiger partial charge on any atom is -0.497 e. The molecule has 6 atom stereocenters. The molecule has 5 rings (SSSR count). The first-order valence-electron chi connectivity index (χ1n) is 12.4. The molecule has 1 N–H and O–H groups in total. The first kappa shape index (κ1) is 24.5. The normalized spacial score (nSPS) is 34.3. The first-order valence-corrected chi connectivity index (χ1v) is 12.4. The van der Waals surface area contributed by atoms with Gasteiger partial charge in [-0.05, 0) is 37.6 Å². The van der Waals surface area contributed by atoms with Crippen molar-refractivity contribution >= 4 is 23.4 Å². The molecule has 0 bridgehead atoms. The average Bonchev–Trinajstić information content (AvgIpc) is 3.20. The smallest absolute Gasteiger partial charge is 0.253 e. The number of benzene rings is 1. The maximum absolute atomic E-state index is 14.3. The monoisotopic (exact) mass is 495 g/mol. The van der Waals surface area contributed by atoms with Crippen LogP contribution in [-0.2, 0) is 19.1 Å². The highest BCUT2D eigenvalue weighted by molar-refractivity contribution is 6.06. The van der Waals surface area contributed by atoms with Gasteiger partial charge in [0.2, 0.25) is 11.8 Å². The van der Waals surface area contributed by atoms with Crippen LogP contribution in [0.15, 0.2) is 48.6 Å². The number of hydrogen-bond donors (Lipinski definition) is 1. The van der Waals surface area contributed by atoms with Crippen molar-refractivity contribution < 1.29 is 29.0 Å². The number of carbonyl (C=O) groups excluding carboxylic acids is 3. The van der Waals surface area contributed by atoms with Crippen LogP contribution < -0.4 is 9.64 Å². The molecule has 1 aromatic carbocycles. The topological polar surface area (TPSA) is 99.6 Å². The Morgan fingerprint density at radius 3 is 2.39 bits per heavy atom. The number of fused-ring (bicyclic) bond motifs is 2. The molecular weight excluding hydrogens is 462 g/mol. The summed E-state index contributed by atoms with van der Waals surface area (Å²) in [6, 6.07) is 5.49. The number of carbonyl (C=O) groups is 3. The molecule has 2 saturated heterocycles. The van der Waals surface area contributed by atoms with Gasteiger partial charge in [0.25, 0.3) is 5.91 Å². The molecule has 3 amide bonds. The van der Waals surface area contributed by atoms with Crippen LogP contribution in [0.25, 0.3) is 0 Å². The van der Waals surface area contributed by atoms with Gasteiger partial charge in [0.1, 0.15) is 17.4 Å². The Labute approximate surface area is 210 Å². The van der Waals surface area contributed by atoms with Crippen molar-refractivity contribution in [1.82, 2.24) is 9.80 Å². The zero-order chi connectivity index (χ0) is 25.8. The fourth-order valence-corrected chi connectivity index (χ4v) is 6.38. The van der Waals surface area contributed by atoms with Crippen molar-refractivity contribution in [1.29, 1.82) is 0 Å². The van der Waals surface area contributed by atoms with Gasteiger partial charge in [-0.15, -0.1) is 0 Å². The molecule has 4 aliphatic heterocycles. The van der Waals surface area contributed by atoms with E-state index in [1.54, 1.807) is 55.1 Å². The molecule has 192 valence electrons. The van der Waals surface area contributed by atoms with Crippen LogP contribution in [0.2, 0.25) is 0 Å². The summed E-state index contributed by atoms with van der Waals surface area (Å²) < 4.78 is 12.1. The van der Waals surface area contributed by atoms with Gasteiger partial charge in [0, 0.05) is 25.8 Å². The van der Waals surface area contributed by atoms with Crippen LogP contribution in [0.5, 0.6) is 5.75 Å². The van der Waals surface area contributed by atoms with Gasteiger partial charge >= 0.3 is 0 Å². The van der Waals surface area contributed by atoms with Gasteiger partial charge in [0.15, 0.2) is 0 Å². The van der Waals surface area contributed by atoms with E-state index in [1.807, 2.05) is 31.2 Å². The highest BCUT2D eigenvalue weighted by atomic mass is 16.5. The quantitative estimate of drug-likeness (QED) is 0.620. The molecule has 2 fully saturated rings. The van der Waals surface area contributed by atoms with Gasteiger partial charge in [0.05, 0.1) is 37.2 Å². The van der Waals surface area contributed by atoms with Crippen LogP contribution >= 0.6 is 0 Å². The first-order chi connectivity index (χ1) is 17.2. The van der Waals surface area contributed by atoms with Crippen LogP contribution in [0.3, 0.4) is 0 Å². The third-order valence-corrected chi connectivity index (χ3v) is 8.20. The van der Waals surface area contributed by atoms with E-state index in [-0.39, 0.29) is 30.9 Å². The number of ether oxygens (including phenoxy) is 2. The SMILES string of the molecule is CC[C@@]12C=CCN(C)C(=O)[C@@H]1[C@H]1C(=O)N([C@H](C)CO)C3C(=O)N(c4ccc(OC)cc4)CC=C[C@@]31O2. The summed E-state index contributed by atoms with van der Waals surface area (Å²) in [4.78, 5) is 46.7. The molecule has 1 aromatic rings. The van der Waals surface area contributed by atoms with Crippen molar-refractivity contribution in [3.05, 3.63) is 48.6 Å². The number of likely N-dealkylation sites (tertiary alicyclic amines) is 1. The maximum Gasteiger partial charge on any atom is 0.253 e. The van der Waals surface area contributed by atoms with Gasteiger partial charge in [-0.2, -0.15) is 0 Å². The molecule has 0 saturated carbocycles. The number of hydrogen-bond acceptors (Lipinski definition) is 6. The van der Waals surface area contributed by atoms with E-state index in [4.69, 9.17) is 9.47 Å². The lowest BCUT2D eigenvalue weighted by Crippen LogP contribution is -2.58. The van der Waals surface area contributed by atoms with E-state index in [0.29, 0.717) is 24.4 Å². The lowest BCUT2D eigenvalue weighted by Gasteiger charge is -2.40. The summed E-state index contributed by atoms with van der Waals surface area (Å²) >= 11 is 0. The fraction of sp³-hybridized carbons (Fsp3) is 0.519. The van der Waals surface area contributed by atoms with Crippen LogP contribution in [0.1, 0.15) is 20.3 Å². The maximum atomic E-state index is 14.3. The van der Waals surface area contributed by atoms with E-state index in [2.05, 4.69) is 0 Å². The van der Waals surface area contributed by atoms with Crippen molar-refractivity contribution in [2.24, 2.45) is 11.8 Å². The van der Waals surface area contributed by atoms with E-state index in [1.165, 1.54) is 4.90 Å². The fourth-order valence-electron chi connectivity index (χ4n) is 6.38. The predicted molar refractivity (Wildman–Crippen MR) is 132 cm³/mol. The standard InChI is InChI=1S/C27H33N3O6/c1-5-26-12-6-14-28(3)23(32)20(26)21-24(33)30(17(2)16-31)22-25(34)29(15-7-13-27(21,22)36-26)18-8-10-19(35-4)11-9-18/h6-13,17,20-22,31H,5,14-16H2,1-4H3/t17-,20+,21+,22?,26-,27+/m1/s1. The summed E-state index contributed by atoms with van der Waals surface area (Å²) in [5.74, 6) is -1.82. The lowest BCUT2D eigenvalue weighted by atomic mass is 9.73. The van der Waals surface area contributed by atoms with Crippen molar-refractivity contribution in [2.75, 3.05) is 38.8 Å². The number of aliphatic hydroxyl groups excluding tert-OH is 1. The molecule has 36 heavy (non-hydrogen) atoms. The Hall–Kier alpha value is -3.17. The molecule has 1 unspecified atom stereocenters. The van der Waals surface area contributed by atoms with Crippen LogP contribution in [0, 0.1) is 11.8 Å². The average molecular weight is 496 g/mol. The van der Waals surface area contributed by atoms with E-state index < -0.39 is 35.1 Å². The summed E-state index contributed by atoms with van der Waals surface area (Å²) in [6.07, 6.45) is 7.95. The third kappa shape index (κ3) is 3.25. The molecule has 4 aliphatic rings. The number of likely N-dealkylation sites (N-methyl/N-ethyl adjacent to an activating group) is 1. The van der Waals surface area contributed by atoms with E-state index >= 15 is 0 Å². The number of aliphatic hydroxyl groups is 1. The second-order valence-corrected chi connectivity index (χ2v) is 10.1. The second-order valence-electron chi connectivity index (χ2n) is 10.1. The number of nitrogens with zero attached hydrogens (tertiary/aromatic N) is 3. The second kappa shape index (κ2) is 8.74. The molecule has 9 nitrogen and oxygen atoms in total. The summed E-state index contributed by atoms with van der Waals surface area (Å²) in [5.41, 5.74) is -1.69. The minimum absolute atomic E-state index is 0.175. The zero-order valence-corrected chi connectivity index (χ0v) is 21.1. The molecule has 0 aliphatic carbocycles. The Kier molecular flexibility index (Phi) is 5.95. The Bertz CT molecular complexity index is 1130. The highest BCUT2D eigenvalue weighted by Gasteiger charge is 2.75. The van der Waals surface area contributed by atoms with Gasteiger partial charge < -0.3 is 29.3 Å². The largest absolute Gasteiger partial charge is 0.497 e. The zero-order valence-electron chi connectivity index (χ0n) is 21.1. The lowest BCUT2D eigenvalue weighted by molar-refractivity contribution is -0.151. The number of rotatable bonds is 5. The molecule has 4 heterocycles. The van der Waals surface area contributed by atoms with Crippen LogP contribution in [0.4, 0.5) is 5.69 Å². The molecular formula is C27H33N3O6. The molecule has 0 aromatic heterocycles. The Morgan fingerprint density at radius 1 is 1.06 bits per heavy atom. The van der Waals surface area contributed by atoms with E-state index in [0.717, 1.165) is 0 Å². The third-order valence-electron chi connectivity index (χ3n) is 8.20. The van der Waals surface area contributed by atoms with Gasteiger partial charge in [-0.25, -0.2) is 0 Å². The predicted octanol–water partition coefficient (Wildman–Crippen LogP) is 1.37. The molecule has 1 spiro atoms. The number of anilines is 1. The summed E-state index contributed by atoms with van der Waals surface area (Å²) in [6.45, 7) is 4.03. The summed E-state index contributed by atoms with van der Waals surface area (Å²) in [5, 5.41) is 10.1. The van der Waals surface area contributed by atoms with Gasteiger partial charge in [-0.3, -0.25) is 14.4 Å².